The number of carbonyl (C=O) groups excluding carboxylic acids is 1. The van der Waals surface area contributed by atoms with Crippen molar-refractivity contribution in [2.75, 3.05) is 0 Å². The lowest BCUT2D eigenvalue weighted by Crippen LogP contribution is -2.04. The van der Waals surface area contributed by atoms with Gasteiger partial charge in [-0.15, -0.1) is 11.3 Å². The molecule has 0 bridgehead atoms. The Kier molecular flexibility index (Phi) is 3.10. The van der Waals surface area contributed by atoms with E-state index < -0.39 is 11.6 Å². The van der Waals surface area contributed by atoms with Crippen LogP contribution in [-0.2, 0) is 6.42 Å². The zero-order valence-corrected chi connectivity index (χ0v) is 9.06. The zero-order chi connectivity index (χ0) is 11.5. The largest absolute Gasteiger partial charge is 0.293 e. The molecule has 82 valence electrons. The van der Waals surface area contributed by atoms with Crippen molar-refractivity contribution in [3.63, 3.8) is 0 Å². The lowest BCUT2D eigenvalue weighted by molar-refractivity contribution is 0.0995. The van der Waals surface area contributed by atoms with Gasteiger partial charge in [-0.2, -0.15) is 0 Å². The van der Waals surface area contributed by atoms with Crippen LogP contribution in [0.2, 0.25) is 0 Å². The van der Waals surface area contributed by atoms with Gasteiger partial charge in [0.2, 0.25) is 0 Å². The monoisotopic (exact) mass is 238 g/mol. The molecule has 1 heterocycles. The highest BCUT2D eigenvalue weighted by Crippen LogP contribution is 2.16. The van der Waals surface area contributed by atoms with Crippen molar-refractivity contribution in [1.82, 2.24) is 0 Å². The van der Waals surface area contributed by atoms with E-state index in [1.165, 1.54) is 23.5 Å². The van der Waals surface area contributed by atoms with Crippen molar-refractivity contribution in [2.24, 2.45) is 0 Å². The van der Waals surface area contributed by atoms with E-state index in [9.17, 15) is 13.6 Å². The third-order valence-electron chi connectivity index (χ3n) is 2.18. The molecular weight excluding hydrogens is 230 g/mol. The van der Waals surface area contributed by atoms with Gasteiger partial charge in [-0.05, 0) is 23.1 Å². The molecule has 0 saturated carbocycles. The van der Waals surface area contributed by atoms with Crippen LogP contribution in [0.5, 0.6) is 0 Å². The molecule has 0 saturated heterocycles. The second kappa shape index (κ2) is 4.53. The molecule has 0 atom stereocenters. The number of carbonyl (C=O) groups is 1. The van der Waals surface area contributed by atoms with E-state index >= 15 is 0 Å². The number of Topliss-reactive ketones (excluding diaryl/α,β-unsaturated/α-hetero) is 1. The summed E-state index contributed by atoms with van der Waals surface area (Å²) in [4.78, 5) is 12.2. The second-order valence-electron chi connectivity index (χ2n) is 3.29. The van der Waals surface area contributed by atoms with Crippen LogP contribution in [0, 0.1) is 11.6 Å². The molecule has 1 aromatic heterocycles. The maximum absolute atomic E-state index is 13.3. The Hall–Kier alpha value is -1.55. The van der Waals surface area contributed by atoms with Gasteiger partial charge < -0.3 is 0 Å². The van der Waals surface area contributed by atoms with Gasteiger partial charge >= 0.3 is 0 Å². The molecule has 0 amide bonds. The van der Waals surface area contributed by atoms with E-state index in [1.807, 2.05) is 0 Å². The van der Waals surface area contributed by atoms with Crippen LogP contribution in [0.1, 0.15) is 15.2 Å². The van der Waals surface area contributed by atoms with Crippen molar-refractivity contribution >= 4 is 17.1 Å². The van der Waals surface area contributed by atoms with Crippen molar-refractivity contribution in [3.8, 4) is 0 Å². The van der Waals surface area contributed by atoms with Crippen LogP contribution in [0.4, 0.5) is 8.78 Å². The minimum atomic E-state index is -0.938. The Bertz CT molecular complexity index is 506. The van der Waals surface area contributed by atoms with Gasteiger partial charge in [-0.3, -0.25) is 4.79 Å². The summed E-state index contributed by atoms with van der Waals surface area (Å²) in [7, 11) is 0. The van der Waals surface area contributed by atoms with Crippen molar-refractivity contribution in [1.29, 1.82) is 0 Å². The maximum Gasteiger partial charge on any atom is 0.177 e. The predicted octanol–water partition coefficient (Wildman–Crippen LogP) is 3.45. The average Bonchev–Trinajstić information content (AvgIpc) is 2.78. The molecular formula is C12H8F2OS. The van der Waals surface area contributed by atoms with Gasteiger partial charge in [-0.1, -0.05) is 18.2 Å². The SMILES string of the molecule is O=C(Cc1cccc(F)c1F)c1cccs1. The molecule has 0 unspecified atom stereocenters. The number of halogens is 2. The molecule has 2 rings (SSSR count). The molecule has 4 heteroatoms. The molecule has 0 aliphatic carbocycles. The first kappa shape index (κ1) is 11.0. The summed E-state index contributed by atoms with van der Waals surface area (Å²) >= 11 is 1.29. The van der Waals surface area contributed by atoms with Crippen LogP contribution in [0.3, 0.4) is 0 Å². The maximum atomic E-state index is 13.3. The third-order valence-corrected chi connectivity index (χ3v) is 3.09. The van der Waals surface area contributed by atoms with Crippen LogP contribution in [0.15, 0.2) is 35.7 Å². The van der Waals surface area contributed by atoms with Crippen LogP contribution >= 0.6 is 11.3 Å². The average molecular weight is 238 g/mol. The molecule has 0 aliphatic heterocycles. The third kappa shape index (κ3) is 2.17. The Morgan fingerprint density at radius 2 is 2.00 bits per heavy atom. The lowest BCUT2D eigenvalue weighted by atomic mass is 10.1. The van der Waals surface area contributed by atoms with Crippen molar-refractivity contribution in [2.45, 2.75) is 6.42 Å². The van der Waals surface area contributed by atoms with Gasteiger partial charge in [0.15, 0.2) is 17.4 Å². The van der Waals surface area contributed by atoms with E-state index in [1.54, 1.807) is 17.5 Å². The minimum absolute atomic E-state index is 0.0957. The summed E-state index contributed by atoms with van der Waals surface area (Å²) in [6.07, 6.45) is -0.107. The topological polar surface area (TPSA) is 17.1 Å². The summed E-state index contributed by atoms with van der Waals surface area (Å²) < 4.78 is 26.2. The number of rotatable bonds is 3. The fourth-order valence-corrected chi connectivity index (χ4v) is 2.05. The molecule has 0 N–H and O–H groups in total. The van der Waals surface area contributed by atoms with Gasteiger partial charge in [-0.25, -0.2) is 8.78 Å². The highest BCUT2D eigenvalue weighted by Gasteiger charge is 2.13. The number of benzene rings is 1. The van der Waals surface area contributed by atoms with Crippen molar-refractivity contribution < 1.29 is 13.6 Å². The molecule has 1 aromatic carbocycles. The normalized spacial score (nSPS) is 10.4. The molecule has 16 heavy (non-hydrogen) atoms. The fraction of sp³-hybridized carbons (Fsp3) is 0.0833. The fourth-order valence-electron chi connectivity index (χ4n) is 1.38. The molecule has 1 nitrogen and oxygen atoms in total. The van der Waals surface area contributed by atoms with Gasteiger partial charge in [0.25, 0.3) is 0 Å². The predicted molar refractivity (Wildman–Crippen MR) is 58.7 cm³/mol. The lowest BCUT2D eigenvalue weighted by Gasteiger charge is -2.01. The highest BCUT2D eigenvalue weighted by molar-refractivity contribution is 7.12. The minimum Gasteiger partial charge on any atom is -0.293 e. The van der Waals surface area contributed by atoms with Gasteiger partial charge in [0, 0.05) is 6.42 Å². The van der Waals surface area contributed by atoms with E-state index in [0.29, 0.717) is 4.88 Å². The van der Waals surface area contributed by atoms with Gasteiger partial charge in [0.1, 0.15) is 0 Å². The number of ketones is 1. The Labute approximate surface area is 95.4 Å². The first-order valence-corrected chi connectivity index (χ1v) is 5.56. The summed E-state index contributed by atoms with van der Waals surface area (Å²) in [5.74, 6) is -2.05. The number of hydrogen-bond acceptors (Lipinski definition) is 2. The Balaban J connectivity index is 2.22. The molecule has 0 aliphatic rings. The van der Waals surface area contributed by atoms with E-state index in [2.05, 4.69) is 0 Å². The summed E-state index contributed by atoms with van der Waals surface area (Å²) in [5, 5.41) is 1.77. The number of hydrogen-bond donors (Lipinski definition) is 0. The molecule has 2 aromatic rings. The van der Waals surface area contributed by atoms with E-state index in [-0.39, 0.29) is 17.8 Å². The van der Waals surface area contributed by atoms with E-state index in [4.69, 9.17) is 0 Å². The van der Waals surface area contributed by atoms with Crippen LogP contribution in [0.25, 0.3) is 0 Å². The quantitative estimate of drug-likeness (QED) is 0.748. The first-order valence-electron chi connectivity index (χ1n) is 4.68. The van der Waals surface area contributed by atoms with Crippen molar-refractivity contribution in [3.05, 3.63) is 57.8 Å². The smallest absolute Gasteiger partial charge is 0.177 e. The number of thiophene rings is 1. The first-order chi connectivity index (χ1) is 7.68. The summed E-state index contributed by atoms with van der Waals surface area (Å²) in [6.45, 7) is 0. The summed E-state index contributed by atoms with van der Waals surface area (Å²) in [5.41, 5.74) is 0.0957. The second-order valence-corrected chi connectivity index (χ2v) is 4.24. The Morgan fingerprint density at radius 3 is 2.69 bits per heavy atom. The van der Waals surface area contributed by atoms with Gasteiger partial charge in [0.05, 0.1) is 4.88 Å². The standard InChI is InChI=1S/C12H8F2OS/c13-9-4-1-3-8(12(9)14)7-10(15)11-5-2-6-16-11/h1-6H,7H2. The zero-order valence-electron chi connectivity index (χ0n) is 8.24. The van der Waals surface area contributed by atoms with E-state index in [0.717, 1.165) is 6.07 Å². The van der Waals surface area contributed by atoms with Crippen LogP contribution < -0.4 is 0 Å². The molecule has 0 spiro atoms. The van der Waals surface area contributed by atoms with Crippen LogP contribution in [-0.4, -0.2) is 5.78 Å². The summed E-state index contributed by atoms with van der Waals surface area (Å²) in [6, 6.07) is 7.28. The Morgan fingerprint density at radius 1 is 1.19 bits per heavy atom. The highest BCUT2D eigenvalue weighted by atomic mass is 32.1. The molecule has 0 fully saturated rings. The molecule has 0 radical (unpaired) electrons.